The molecule has 0 radical (unpaired) electrons. The molecule has 0 saturated heterocycles. The van der Waals surface area contributed by atoms with Gasteiger partial charge in [-0.25, -0.2) is 0 Å². The van der Waals surface area contributed by atoms with E-state index in [-0.39, 0.29) is 11.8 Å². The minimum atomic E-state index is -0.790. The van der Waals surface area contributed by atoms with E-state index in [1.807, 2.05) is 26.8 Å². The quantitative estimate of drug-likeness (QED) is 0.642. The average molecular weight is 242 g/mol. The fraction of sp³-hybridized carbons (Fsp3) is 0.692. The molecule has 0 aromatic carbocycles. The summed E-state index contributed by atoms with van der Waals surface area (Å²) in [5.74, 6) is -2.31. The van der Waals surface area contributed by atoms with Crippen LogP contribution in [0.2, 0.25) is 0 Å². The molecular formula is C13H22O4. The zero-order chi connectivity index (χ0) is 13.4. The van der Waals surface area contributed by atoms with Crippen molar-refractivity contribution in [2.75, 3.05) is 0 Å². The number of carboxylic acid groups (broad SMARTS) is 2. The van der Waals surface area contributed by atoms with Gasteiger partial charge in [-0.1, -0.05) is 25.5 Å². The van der Waals surface area contributed by atoms with Gasteiger partial charge in [0.15, 0.2) is 0 Å². The zero-order valence-corrected chi connectivity index (χ0v) is 10.8. The molecule has 98 valence electrons. The van der Waals surface area contributed by atoms with Crippen molar-refractivity contribution < 1.29 is 19.8 Å². The van der Waals surface area contributed by atoms with Crippen molar-refractivity contribution in [2.24, 2.45) is 11.8 Å². The van der Waals surface area contributed by atoms with Crippen LogP contribution in [0.5, 0.6) is 0 Å². The number of carbonyl (C=O) groups is 2. The van der Waals surface area contributed by atoms with Crippen LogP contribution in [0.15, 0.2) is 11.6 Å². The molecule has 0 amide bonds. The largest absolute Gasteiger partial charge is 0.481 e. The first-order chi connectivity index (χ1) is 7.92. The number of carboxylic acids is 2. The monoisotopic (exact) mass is 242 g/mol. The maximum atomic E-state index is 10.8. The van der Waals surface area contributed by atoms with E-state index in [0.29, 0.717) is 25.7 Å². The van der Waals surface area contributed by atoms with E-state index >= 15 is 0 Å². The number of rotatable bonds is 8. The van der Waals surface area contributed by atoms with Crippen LogP contribution < -0.4 is 0 Å². The zero-order valence-electron chi connectivity index (χ0n) is 10.8. The third-order valence-electron chi connectivity index (χ3n) is 3.00. The second kappa shape index (κ2) is 7.87. The Morgan fingerprint density at radius 3 is 1.88 bits per heavy atom. The Hall–Kier alpha value is -1.32. The molecule has 0 fully saturated rings. The van der Waals surface area contributed by atoms with Crippen molar-refractivity contribution in [1.82, 2.24) is 0 Å². The van der Waals surface area contributed by atoms with Crippen molar-refractivity contribution in [3.05, 3.63) is 11.6 Å². The van der Waals surface area contributed by atoms with Crippen LogP contribution >= 0.6 is 0 Å². The Morgan fingerprint density at radius 1 is 1.06 bits per heavy atom. The smallest absolute Gasteiger partial charge is 0.306 e. The highest BCUT2D eigenvalue weighted by Crippen LogP contribution is 2.18. The fourth-order valence-corrected chi connectivity index (χ4v) is 1.66. The molecule has 0 bridgehead atoms. The lowest BCUT2D eigenvalue weighted by Gasteiger charge is -2.11. The van der Waals surface area contributed by atoms with Crippen molar-refractivity contribution in [3.63, 3.8) is 0 Å². The van der Waals surface area contributed by atoms with E-state index in [2.05, 4.69) is 0 Å². The molecule has 0 aliphatic rings. The first kappa shape index (κ1) is 15.7. The first-order valence-corrected chi connectivity index (χ1v) is 6.03. The Labute approximate surface area is 102 Å². The highest BCUT2D eigenvalue weighted by Gasteiger charge is 2.16. The molecule has 2 atom stereocenters. The summed E-state index contributed by atoms with van der Waals surface area (Å²) in [6.07, 6.45) is 4.02. The van der Waals surface area contributed by atoms with Gasteiger partial charge in [-0.05, 0) is 32.6 Å². The molecule has 4 nitrogen and oxygen atoms in total. The maximum Gasteiger partial charge on any atom is 0.306 e. The van der Waals surface area contributed by atoms with Crippen molar-refractivity contribution in [1.29, 1.82) is 0 Å². The Kier molecular flexibility index (Phi) is 7.26. The molecule has 2 N–H and O–H groups in total. The predicted molar refractivity (Wildman–Crippen MR) is 65.8 cm³/mol. The first-order valence-electron chi connectivity index (χ1n) is 6.03. The van der Waals surface area contributed by atoms with Crippen LogP contribution in [0.25, 0.3) is 0 Å². The molecular weight excluding hydrogens is 220 g/mol. The van der Waals surface area contributed by atoms with Crippen LogP contribution in [0.3, 0.4) is 0 Å². The van der Waals surface area contributed by atoms with E-state index in [4.69, 9.17) is 10.2 Å². The Morgan fingerprint density at radius 2 is 1.53 bits per heavy atom. The van der Waals surface area contributed by atoms with Gasteiger partial charge in [0.2, 0.25) is 0 Å². The van der Waals surface area contributed by atoms with Gasteiger partial charge in [-0.2, -0.15) is 0 Å². The third-order valence-corrected chi connectivity index (χ3v) is 3.00. The Bertz CT molecular complexity index is 294. The highest BCUT2D eigenvalue weighted by molar-refractivity contribution is 5.70. The molecule has 0 aromatic rings. The number of allylic oxidation sites excluding steroid dienone is 2. The van der Waals surface area contributed by atoms with Crippen LogP contribution in [0.1, 0.15) is 46.5 Å². The van der Waals surface area contributed by atoms with Crippen molar-refractivity contribution in [3.8, 4) is 0 Å². The maximum absolute atomic E-state index is 10.8. The van der Waals surface area contributed by atoms with Gasteiger partial charge < -0.3 is 10.2 Å². The van der Waals surface area contributed by atoms with Crippen LogP contribution in [0.4, 0.5) is 0 Å². The lowest BCUT2D eigenvalue weighted by atomic mass is 9.95. The normalized spacial score (nSPS) is 15.4. The SMILES string of the molecule is CCC(CC=C(C)CC(CC)C(=O)O)C(=O)O. The number of aliphatic carboxylic acids is 2. The predicted octanol–water partition coefficient (Wildman–Crippen LogP) is 2.93. The molecule has 0 rings (SSSR count). The van der Waals surface area contributed by atoms with E-state index < -0.39 is 11.9 Å². The van der Waals surface area contributed by atoms with E-state index in [1.165, 1.54) is 0 Å². The molecule has 0 aliphatic carbocycles. The summed E-state index contributed by atoms with van der Waals surface area (Å²) < 4.78 is 0. The lowest BCUT2D eigenvalue weighted by molar-refractivity contribution is -0.142. The standard InChI is InChI=1S/C13H22O4/c1-4-10(12(14)15)7-6-9(3)8-11(5-2)13(16)17/h6,10-11H,4-5,7-8H2,1-3H3,(H,14,15)(H,16,17). The van der Waals surface area contributed by atoms with Crippen LogP contribution in [0, 0.1) is 11.8 Å². The molecule has 4 heteroatoms. The molecule has 0 aromatic heterocycles. The summed E-state index contributed by atoms with van der Waals surface area (Å²) in [6, 6.07) is 0. The lowest BCUT2D eigenvalue weighted by Crippen LogP contribution is -2.14. The van der Waals surface area contributed by atoms with Crippen LogP contribution in [-0.2, 0) is 9.59 Å². The summed E-state index contributed by atoms with van der Waals surface area (Å²) >= 11 is 0. The topological polar surface area (TPSA) is 74.6 Å². The summed E-state index contributed by atoms with van der Waals surface area (Å²) in [6.45, 7) is 5.55. The second-order valence-electron chi connectivity index (χ2n) is 4.38. The minimum Gasteiger partial charge on any atom is -0.481 e. The van der Waals surface area contributed by atoms with Crippen molar-refractivity contribution >= 4 is 11.9 Å². The van der Waals surface area contributed by atoms with Gasteiger partial charge in [0, 0.05) is 0 Å². The minimum absolute atomic E-state index is 0.365. The summed E-state index contributed by atoms with van der Waals surface area (Å²) in [5.41, 5.74) is 0.957. The van der Waals surface area contributed by atoms with Gasteiger partial charge in [-0.3, -0.25) is 9.59 Å². The summed E-state index contributed by atoms with van der Waals surface area (Å²) in [4.78, 5) is 21.7. The fourth-order valence-electron chi connectivity index (χ4n) is 1.66. The molecule has 0 aliphatic heterocycles. The molecule has 0 spiro atoms. The average Bonchev–Trinajstić information content (AvgIpc) is 2.25. The molecule has 17 heavy (non-hydrogen) atoms. The van der Waals surface area contributed by atoms with Crippen molar-refractivity contribution in [2.45, 2.75) is 46.5 Å². The van der Waals surface area contributed by atoms with E-state index in [1.54, 1.807) is 0 Å². The Balaban J connectivity index is 4.34. The number of hydrogen-bond donors (Lipinski definition) is 2. The number of hydrogen-bond acceptors (Lipinski definition) is 2. The van der Waals surface area contributed by atoms with Gasteiger partial charge in [0.25, 0.3) is 0 Å². The van der Waals surface area contributed by atoms with Gasteiger partial charge in [-0.15, -0.1) is 0 Å². The summed E-state index contributed by atoms with van der Waals surface area (Å²) in [5, 5.41) is 17.8. The van der Waals surface area contributed by atoms with Gasteiger partial charge >= 0.3 is 11.9 Å². The van der Waals surface area contributed by atoms with E-state index in [9.17, 15) is 9.59 Å². The molecule has 0 saturated carbocycles. The third kappa shape index (κ3) is 6.09. The van der Waals surface area contributed by atoms with Crippen LogP contribution in [-0.4, -0.2) is 22.2 Å². The van der Waals surface area contributed by atoms with E-state index in [0.717, 1.165) is 5.57 Å². The molecule has 0 heterocycles. The summed E-state index contributed by atoms with van der Waals surface area (Å²) in [7, 11) is 0. The van der Waals surface area contributed by atoms with Gasteiger partial charge in [0.1, 0.15) is 0 Å². The highest BCUT2D eigenvalue weighted by atomic mass is 16.4. The molecule has 2 unspecified atom stereocenters. The van der Waals surface area contributed by atoms with Gasteiger partial charge in [0.05, 0.1) is 11.8 Å². The second-order valence-corrected chi connectivity index (χ2v) is 4.38.